The van der Waals surface area contributed by atoms with Crippen LogP contribution in [0.4, 0.5) is 5.69 Å². The number of hydrogen-bond donors (Lipinski definition) is 4. The number of nitrogen functional groups attached to an aromatic ring is 1. The summed E-state index contributed by atoms with van der Waals surface area (Å²) in [6.07, 6.45) is 4.74. The molecule has 1 heterocycles. The first-order chi connectivity index (χ1) is 9.53. The third kappa shape index (κ3) is 2.22. The van der Waals surface area contributed by atoms with Crippen LogP contribution in [0.1, 0.15) is 37.7 Å². The van der Waals surface area contributed by atoms with Gasteiger partial charge in [-0.05, 0) is 49.9 Å². The fourth-order valence-corrected chi connectivity index (χ4v) is 3.85. The van der Waals surface area contributed by atoms with Gasteiger partial charge >= 0.3 is 0 Å². The van der Waals surface area contributed by atoms with Crippen LogP contribution in [0.25, 0.3) is 0 Å². The molecule has 4 nitrogen and oxygen atoms in total. The van der Waals surface area contributed by atoms with Gasteiger partial charge in [-0.3, -0.25) is 0 Å². The normalized spacial score (nSPS) is 37.4. The lowest BCUT2D eigenvalue weighted by Crippen LogP contribution is -2.71. The SMILES string of the molecule is Nc1ccc(C[C@@H]2NCC[C@@]3(O)CCCC[C@]23O)cc1. The highest BCUT2D eigenvalue weighted by Gasteiger charge is 2.56. The molecule has 1 aliphatic carbocycles. The summed E-state index contributed by atoms with van der Waals surface area (Å²) in [4.78, 5) is 0. The molecule has 0 unspecified atom stereocenters. The summed E-state index contributed by atoms with van der Waals surface area (Å²) in [5, 5.41) is 25.3. The average molecular weight is 276 g/mol. The maximum absolute atomic E-state index is 11.1. The van der Waals surface area contributed by atoms with Gasteiger partial charge in [0.15, 0.2) is 0 Å². The Labute approximate surface area is 120 Å². The van der Waals surface area contributed by atoms with Gasteiger partial charge in [0.1, 0.15) is 5.60 Å². The van der Waals surface area contributed by atoms with Crippen LogP contribution in [-0.2, 0) is 6.42 Å². The number of rotatable bonds is 2. The van der Waals surface area contributed by atoms with Gasteiger partial charge in [0.05, 0.1) is 5.60 Å². The molecule has 0 bridgehead atoms. The van der Waals surface area contributed by atoms with Gasteiger partial charge in [-0.1, -0.05) is 25.0 Å². The summed E-state index contributed by atoms with van der Waals surface area (Å²) in [5.74, 6) is 0. The third-order valence-electron chi connectivity index (χ3n) is 5.13. The standard InChI is InChI=1S/C16H24N2O2/c17-13-5-3-12(4-6-13)11-14-16(20)8-2-1-7-15(16,19)9-10-18-14/h3-6,14,18-20H,1-2,7-11,17H2/t14-,15-,16-/m0/s1. The average Bonchev–Trinajstić information content (AvgIpc) is 2.43. The van der Waals surface area contributed by atoms with Crippen molar-refractivity contribution in [3.05, 3.63) is 29.8 Å². The van der Waals surface area contributed by atoms with Crippen LogP contribution >= 0.6 is 0 Å². The maximum Gasteiger partial charge on any atom is 0.109 e. The molecule has 1 saturated heterocycles. The number of piperidine rings is 1. The molecule has 2 fully saturated rings. The molecule has 1 saturated carbocycles. The van der Waals surface area contributed by atoms with Gasteiger partial charge in [0.25, 0.3) is 0 Å². The number of nitrogens with one attached hydrogen (secondary N) is 1. The molecule has 3 rings (SSSR count). The van der Waals surface area contributed by atoms with Crippen molar-refractivity contribution in [2.75, 3.05) is 12.3 Å². The highest BCUT2D eigenvalue weighted by Crippen LogP contribution is 2.44. The third-order valence-corrected chi connectivity index (χ3v) is 5.13. The molecule has 110 valence electrons. The molecule has 0 radical (unpaired) electrons. The number of benzene rings is 1. The molecule has 0 amide bonds. The summed E-state index contributed by atoms with van der Waals surface area (Å²) >= 11 is 0. The van der Waals surface area contributed by atoms with Crippen molar-refractivity contribution in [2.45, 2.75) is 55.8 Å². The second-order valence-electron chi connectivity index (χ2n) is 6.37. The van der Waals surface area contributed by atoms with Crippen molar-refractivity contribution in [1.82, 2.24) is 5.32 Å². The van der Waals surface area contributed by atoms with Crippen molar-refractivity contribution in [3.8, 4) is 0 Å². The van der Waals surface area contributed by atoms with Gasteiger partial charge < -0.3 is 21.3 Å². The largest absolute Gasteiger partial charge is 0.399 e. The van der Waals surface area contributed by atoms with E-state index in [0.717, 1.165) is 37.1 Å². The van der Waals surface area contributed by atoms with Crippen molar-refractivity contribution in [3.63, 3.8) is 0 Å². The van der Waals surface area contributed by atoms with E-state index < -0.39 is 11.2 Å². The van der Waals surface area contributed by atoms with E-state index >= 15 is 0 Å². The smallest absolute Gasteiger partial charge is 0.109 e. The van der Waals surface area contributed by atoms with E-state index in [1.807, 2.05) is 24.3 Å². The van der Waals surface area contributed by atoms with Crippen LogP contribution < -0.4 is 11.1 Å². The molecule has 3 atom stereocenters. The highest BCUT2D eigenvalue weighted by atomic mass is 16.4. The molecule has 5 N–H and O–H groups in total. The summed E-state index contributed by atoms with van der Waals surface area (Å²) in [6, 6.07) is 7.67. The predicted molar refractivity (Wildman–Crippen MR) is 79.3 cm³/mol. The second kappa shape index (κ2) is 5.02. The Balaban J connectivity index is 1.82. The molecule has 1 aliphatic heterocycles. The van der Waals surface area contributed by atoms with Crippen molar-refractivity contribution < 1.29 is 10.2 Å². The van der Waals surface area contributed by atoms with Crippen LogP contribution in [0.5, 0.6) is 0 Å². The van der Waals surface area contributed by atoms with Crippen LogP contribution in [0, 0.1) is 0 Å². The van der Waals surface area contributed by atoms with E-state index in [0.29, 0.717) is 19.3 Å². The van der Waals surface area contributed by atoms with Crippen LogP contribution in [-0.4, -0.2) is 34.0 Å². The minimum absolute atomic E-state index is 0.0924. The van der Waals surface area contributed by atoms with E-state index in [9.17, 15) is 10.2 Å². The molecule has 20 heavy (non-hydrogen) atoms. The van der Waals surface area contributed by atoms with Crippen molar-refractivity contribution in [1.29, 1.82) is 0 Å². The Morgan fingerprint density at radius 2 is 1.80 bits per heavy atom. The fraction of sp³-hybridized carbons (Fsp3) is 0.625. The van der Waals surface area contributed by atoms with Gasteiger partial charge in [0, 0.05) is 11.7 Å². The molecule has 4 heteroatoms. The lowest BCUT2D eigenvalue weighted by molar-refractivity contribution is -0.207. The molecule has 1 aromatic carbocycles. The van der Waals surface area contributed by atoms with E-state index in [2.05, 4.69) is 5.32 Å². The Hall–Kier alpha value is -1.10. The number of aliphatic hydroxyl groups is 2. The number of anilines is 1. The number of nitrogens with two attached hydrogens (primary N) is 1. The second-order valence-corrected chi connectivity index (χ2v) is 6.37. The molecule has 0 aromatic heterocycles. The quantitative estimate of drug-likeness (QED) is 0.612. The van der Waals surface area contributed by atoms with Crippen molar-refractivity contribution in [2.24, 2.45) is 0 Å². The minimum Gasteiger partial charge on any atom is -0.399 e. The zero-order valence-electron chi connectivity index (χ0n) is 11.8. The first kappa shape index (κ1) is 13.9. The molecule has 0 spiro atoms. The lowest BCUT2D eigenvalue weighted by Gasteiger charge is -2.54. The molecular weight excluding hydrogens is 252 g/mol. The van der Waals surface area contributed by atoms with E-state index in [4.69, 9.17) is 5.73 Å². The van der Waals surface area contributed by atoms with E-state index in [-0.39, 0.29) is 6.04 Å². The Bertz CT molecular complexity index is 472. The van der Waals surface area contributed by atoms with Crippen molar-refractivity contribution >= 4 is 5.69 Å². The van der Waals surface area contributed by atoms with E-state index in [1.54, 1.807) is 0 Å². The topological polar surface area (TPSA) is 78.5 Å². The number of fused-ring (bicyclic) bond motifs is 1. The Morgan fingerprint density at radius 1 is 1.10 bits per heavy atom. The zero-order valence-corrected chi connectivity index (χ0v) is 11.8. The summed E-state index contributed by atoms with van der Waals surface area (Å²) in [5.41, 5.74) is 5.66. The van der Waals surface area contributed by atoms with Crippen LogP contribution in [0.15, 0.2) is 24.3 Å². The lowest BCUT2D eigenvalue weighted by atomic mass is 9.63. The fourth-order valence-electron chi connectivity index (χ4n) is 3.85. The summed E-state index contributed by atoms with van der Waals surface area (Å²) in [6.45, 7) is 0.762. The van der Waals surface area contributed by atoms with Crippen LogP contribution in [0.2, 0.25) is 0 Å². The maximum atomic E-state index is 11.1. The zero-order chi connectivity index (χ0) is 14.2. The van der Waals surface area contributed by atoms with Crippen LogP contribution in [0.3, 0.4) is 0 Å². The van der Waals surface area contributed by atoms with Gasteiger partial charge in [-0.25, -0.2) is 0 Å². The Morgan fingerprint density at radius 3 is 2.55 bits per heavy atom. The predicted octanol–water partition coefficient (Wildman–Crippen LogP) is 1.21. The molecule has 2 aliphatic rings. The molecular formula is C16H24N2O2. The molecule has 1 aromatic rings. The van der Waals surface area contributed by atoms with Gasteiger partial charge in [-0.15, -0.1) is 0 Å². The highest BCUT2D eigenvalue weighted by molar-refractivity contribution is 5.39. The van der Waals surface area contributed by atoms with Gasteiger partial charge in [0.2, 0.25) is 0 Å². The van der Waals surface area contributed by atoms with Gasteiger partial charge in [-0.2, -0.15) is 0 Å². The monoisotopic (exact) mass is 276 g/mol. The summed E-state index contributed by atoms with van der Waals surface area (Å²) in [7, 11) is 0. The minimum atomic E-state index is -1.01. The first-order valence-electron chi connectivity index (χ1n) is 7.56. The first-order valence-corrected chi connectivity index (χ1v) is 7.56. The Kier molecular flexibility index (Phi) is 3.48. The number of hydrogen-bond acceptors (Lipinski definition) is 4. The summed E-state index contributed by atoms with van der Waals surface area (Å²) < 4.78 is 0. The van der Waals surface area contributed by atoms with E-state index in [1.165, 1.54) is 0 Å².